The minimum atomic E-state index is -0.148. The Labute approximate surface area is 102 Å². The second kappa shape index (κ2) is 5.67. The van der Waals surface area contributed by atoms with Crippen molar-refractivity contribution in [1.29, 1.82) is 0 Å². The zero-order chi connectivity index (χ0) is 11.4. The molecule has 0 spiro atoms. The molecule has 0 amide bonds. The zero-order valence-corrected chi connectivity index (χ0v) is 10.1. The molecule has 0 unspecified atom stereocenters. The van der Waals surface area contributed by atoms with E-state index in [0.717, 1.165) is 37.3 Å². The smallest absolute Gasteiger partial charge is 0.0693 e. The Kier molecular flexibility index (Phi) is 4.22. The molecule has 0 aliphatic heterocycles. The van der Waals surface area contributed by atoms with Crippen molar-refractivity contribution in [1.82, 2.24) is 5.32 Å². The van der Waals surface area contributed by atoms with Gasteiger partial charge in [0.1, 0.15) is 0 Å². The molecule has 2 nitrogen and oxygen atoms in total. The molecule has 0 aromatic heterocycles. The van der Waals surface area contributed by atoms with Crippen molar-refractivity contribution < 1.29 is 5.11 Å². The SMILES string of the molecule is O[C@@H]1CCC[C@H]1NCCc1ccc(Cl)cc1. The average Bonchev–Trinajstić information content (AvgIpc) is 2.68. The van der Waals surface area contributed by atoms with E-state index in [-0.39, 0.29) is 6.10 Å². The summed E-state index contributed by atoms with van der Waals surface area (Å²) in [6.07, 6.45) is 4.02. The van der Waals surface area contributed by atoms with Gasteiger partial charge in [0.25, 0.3) is 0 Å². The minimum absolute atomic E-state index is 0.148. The van der Waals surface area contributed by atoms with Gasteiger partial charge < -0.3 is 10.4 Å². The molecule has 0 bridgehead atoms. The van der Waals surface area contributed by atoms with Gasteiger partial charge >= 0.3 is 0 Å². The number of nitrogens with one attached hydrogen (secondary N) is 1. The van der Waals surface area contributed by atoms with Gasteiger partial charge in [-0.1, -0.05) is 23.7 Å². The van der Waals surface area contributed by atoms with E-state index < -0.39 is 0 Å². The number of hydrogen-bond acceptors (Lipinski definition) is 2. The van der Waals surface area contributed by atoms with Crippen LogP contribution in [0.1, 0.15) is 24.8 Å². The summed E-state index contributed by atoms with van der Waals surface area (Å²) in [6, 6.07) is 8.24. The van der Waals surface area contributed by atoms with Crippen molar-refractivity contribution >= 4 is 11.6 Å². The standard InChI is InChI=1S/C13H18ClNO/c14-11-6-4-10(5-7-11)8-9-15-12-2-1-3-13(12)16/h4-7,12-13,15-16H,1-3,8-9H2/t12-,13-/m1/s1. The lowest BCUT2D eigenvalue weighted by Crippen LogP contribution is -2.36. The monoisotopic (exact) mass is 239 g/mol. The van der Waals surface area contributed by atoms with Gasteiger partial charge in [-0.3, -0.25) is 0 Å². The van der Waals surface area contributed by atoms with Crippen LogP contribution in [0.15, 0.2) is 24.3 Å². The highest BCUT2D eigenvalue weighted by molar-refractivity contribution is 6.30. The number of rotatable bonds is 4. The largest absolute Gasteiger partial charge is 0.392 e. The first-order chi connectivity index (χ1) is 7.75. The molecule has 1 aromatic carbocycles. The van der Waals surface area contributed by atoms with E-state index >= 15 is 0 Å². The Morgan fingerprint density at radius 3 is 2.62 bits per heavy atom. The predicted molar refractivity (Wildman–Crippen MR) is 66.8 cm³/mol. The molecule has 0 heterocycles. The molecule has 16 heavy (non-hydrogen) atoms. The molecule has 1 aromatic rings. The summed E-state index contributed by atoms with van der Waals surface area (Å²) in [5.41, 5.74) is 1.28. The van der Waals surface area contributed by atoms with Crippen LogP contribution in [-0.4, -0.2) is 23.8 Å². The molecule has 2 rings (SSSR count). The quantitative estimate of drug-likeness (QED) is 0.846. The van der Waals surface area contributed by atoms with Gasteiger partial charge in [-0.2, -0.15) is 0 Å². The van der Waals surface area contributed by atoms with Crippen molar-refractivity contribution in [2.24, 2.45) is 0 Å². The molecule has 2 N–H and O–H groups in total. The Balaban J connectivity index is 1.73. The number of aliphatic hydroxyl groups is 1. The van der Waals surface area contributed by atoms with Gasteiger partial charge in [0, 0.05) is 11.1 Å². The summed E-state index contributed by atoms with van der Waals surface area (Å²) in [6.45, 7) is 0.920. The Bertz CT molecular complexity index is 325. The molecule has 0 saturated heterocycles. The molecule has 1 fully saturated rings. The van der Waals surface area contributed by atoms with Gasteiger partial charge in [0.15, 0.2) is 0 Å². The normalized spacial score (nSPS) is 24.9. The third-order valence-corrected chi connectivity index (χ3v) is 3.46. The number of halogens is 1. The lowest BCUT2D eigenvalue weighted by molar-refractivity contribution is 0.149. The van der Waals surface area contributed by atoms with E-state index in [1.165, 1.54) is 5.56 Å². The fourth-order valence-corrected chi connectivity index (χ4v) is 2.36. The number of benzene rings is 1. The van der Waals surface area contributed by atoms with E-state index in [0.29, 0.717) is 6.04 Å². The predicted octanol–water partition coefficient (Wildman–Crippen LogP) is 2.39. The third kappa shape index (κ3) is 3.21. The number of aliphatic hydroxyl groups excluding tert-OH is 1. The fraction of sp³-hybridized carbons (Fsp3) is 0.538. The van der Waals surface area contributed by atoms with Crippen molar-refractivity contribution in [3.8, 4) is 0 Å². The van der Waals surface area contributed by atoms with Gasteiger partial charge in [-0.15, -0.1) is 0 Å². The molecule has 1 aliphatic carbocycles. The van der Waals surface area contributed by atoms with Crippen molar-refractivity contribution in [2.45, 2.75) is 37.8 Å². The molecule has 2 atom stereocenters. The van der Waals surface area contributed by atoms with Crippen molar-refractivity contribution in [3.05, 3.63) is 34.9 Å². The Morgan fingerprint density at radius 2 is 2.00 bits per heavy atom. The summed E-state index contributed by atoms with van der Waals surface area (Å²) in [4.78, 5) is 0. The first-order valence-electron chi connectivity index (χ1n) is 5.91. The van der Waals surface area contributed by atoms with Crippen LogP contribution in [0.3, 0.4) is 0 Å². The highest BCUT2D eigenvalue weighted by Gasteiger charge is 2.23. The molecule has 1 aliphatic rings. The second-order valence-corrected chi connectivity index (χ2v) is 4.87. The van der Waals surface area contributed by atoms with Crippen molar-refractivity contribution in [2.75, 3.05) is 6.54 Å². The summed E-state index contributed by atoms with van der Waals surface area (Å²) in [5, 5.41) is 13.8. The van der Waals surface area contributed by atoms with Crippen molar-refractivity contribution in [3.63, 3.8) is 0 Å². The molecule has 0 radical (unpaired) electrons. The molecule has 88 valence electrons. The van der Waals surface area contributed by atoms with E-state index in [1.54, 1.807) is 0 Å². The first-order valence-corrected chi connectivity index (χ1v) is 6.29. The summed E-state index contributed by atoms with van der Waals surface area (Å²) in [7, 11) is 0. The Morgan fingerprint density at radius 1 is 1.25 bits per heavy atom. The van der Waals surface area contributed by atoms with Crippen LogP contribution in [-0.2, 0) is 6.42 Å². The van der Waals surface area contributed by atoms with E-state index in [4.69, 9.17) is 11.6 Å². The average molecular weight is 240 g/mol. The highest BCUT2D eigenvalue weighted by Crippen LogP contribution is 2.18. The van der Waals surface area contributed by atoms with Gasteiger partial charge in [0.05, 0.1) is 6.10 Å². The van der Waals surface area contributed by atoms with Gasteiger partial charge in [-0.05, 0) is 49.9 Å². The topological polar surface area (TPSA) is 32.3 Å². The first kappa shape index (κ1) is 11.9. The van der Waals surface area contributed by atoms with E-state index in [9.17, 15) is 5.11 Å². The zero-order valence-electron chi connectivity index (χ0n) is 9.32. The molecular formula is C13H18ClNO. The Hall–Kier alpha value is -0.570. The van der Waals surface area contributed by atoms with Crippen LogP contribution < -0.4 is 5.32 Å². The van der Waals surface area contributed by atoms with Crippen LogP contribution in [0.2, 0.25) is 5.02 Å². The maximum Gasteiger partial charge on any atom is 0.0693 e. The van der Waals surface area contributed by atoms with Crippen LogP contribution in [0, 0.1) is 0 Å². The maximum absolute atomic E-state index is 9.64. The molecule has 1 saturated carbocycles. The second-order valence-electron chi connectivity index (χ2n) is 4.44. The lowest BCUT2D eigenvalue weighted by Gasteiger charge is -2.16. The lowest BCUT2D eigenvalue weighted by atomic mass is 10.1. The van der Waals surface area contributed by atoms with Gasteiger partial charge in [-0.25, -0.2) is 0 Å². The van der Waals surface area contributed by atoms with Crippen LogP contribution in [0.5, 0.6) is 0 Å². The molecular weight excluding hydrogens is 222 g/mol. The van der Waals surface area contributed by atoms with E-state index in [2.05, 4.69) is 17.4 Å². The minimum Gasteiger partial charge on any atom is -0.392 e. The van der Waals surface area contributed by atoms with Crippen LogP contribution in [0.4, 0.5) is 0 Å². The van der Waals surface area contributed by atoms with Crippen LogP contribution >= 0.6 is 11.6 Å². The third-order valence-electron chi connectivity index (χ3n) is 3.21. The van der Waals surface area contributed by atoms with Gasteiger partial charge in [0.2, 0.25) is 0 Å². The summed E-state index contributed by atoms with van der Waals surface area (Å²) >= 11 is 5.82. The highest BCUT2D eigenvalue weighted by atomic mass is 35.5. The van der Waals surface area contributed by atoms with E-state index in [1.807, 2.05) is 12.1 Å². The molecule has 3 heteroatoms. The maximum atomic E-state index is 9.64. The number of hydrogen-bond donors (Lipinski definition) is 2. The summed E-state index contributed by atoms with van der Waals surface area (Å²) in [5.74, 6) is 0. The summed E-state index contributed by atoms with van der Waals surface area (Å²) < 4.78 is 0. The van der Waals surface area contributed by atoms with Crippen LogP contribution in [0.25, 0.3) is 0 Å². The fourth-order valence-electron chi connectivity index (χ4n) is 2.23.